The maximum Gasteiger partial charge on any atom is 0.332 e. The number of rotatable bonds is 7. The quantitative estimate of drug-likeness (QED) is 0.386. The van der Waals surface area contributed by atoms with Gasteiger partial charge in [0, 0.05) is 26.0 Å². The molecule has 0 aromatic carbocycles. The summed E-state index contributed by atoms with van der Waals surface area (Å²) in [4.78, 5) is 11.0. The third-order valence-corrected chi connectivity index (χ3v) is 1.69. The van der Waals surface area contributed by atoms with Crippen LogP contribution in [-0.4, -0.2) is 39.6 Å². The summed E-state index contributed by atoms with van der Waals surface area (Å²) in [5.41, 5.74) is 0.715. The van der Waals surface area contributed by atoms with Crippen LogP contribution in [0.3, 0.4) is 0 Å². The van der Waals surface area contributed by atoms with Gasteiger partial charge < -0.3 is 19.5 Å². The van der Waals surface area contributed by atoms with Gasteiger partial charge in [0.25, 0.3) is 0 Å². The van der Waals surface area contributed by atoms with Gasteiger partial charge in [-0.1, -0.05) is 0 Å². The molecule has 15 heavy (non-hydrogen) atoms. The summed E-state index contributed by atoms with van der Waals surface area (Å²) in [6.45, 7) is 4.40. The van der Waals surface area contributed by atoms with Crippen molar-refractivity contribution < 1.29 is 19.0 Å². The lowest BCUT2D eigenvalue weighted by Gasteiger charge is -2.14. The second kappa shape index (κ2) is 8.26. The summed E-state index contributed by atoms with van der Waals surface area (Å²) in [6.07, 6.45) is 1.07. The minimum atomic E-state index is -0.353. The van der Waals surface area contributed by atoms with E-state index in [1.54, 1.807) is 28.1 Å². The number of nitrogens with one attached hydrogen (secondary N) is 1. The third-order valence-electron chi connectivity index (χ3n) is 1.69. The second-order valence-corrected chi connectivity index (χ2v) is 2.86. The molecule has 0 fully saturated rings. The molecule has 5 nitrogen and oxygen atoms in total. The first-order valence-corrected chi connectivity index (χ1v) is 4.78. The van der Waals surface area contributed by atoms with Gasteiger partial charge in [0.15, 0.2) is 6.29 Å². The topological polar surface area (TPSA) is 56.8 Å². The predicted molar refractivity (Wildman–Crippen MR) is 56.2 cm³/mol. The Labute approximate surface area is 90.4 Å². The number of hydrogen-bond donors (Lipinski definition) is 1. The van der Waals surface area contributed by atoms with Crippen molar-refractivity contribution in [3.8, 4) is 0 Å². The average Bonchev–Trinajstić information content (AvgIpc) is 2.19. The molecular formula is C10H19NO4. The Bertz CT molecular complexity index is 211. The van der Waals surface area contributed by atoms with Gasteiger partial charge >= 0.3 is 5.97 Å². The maximum atomic E-state index is 11.0. The highest BCUT2D eigenvalue weighted by Gasteiger charge is 2.04. The molecular weight excluding hydrogens is 198 g/mol. The van der Waals surface area contributed by atoms with Crippen LogP contribution < -0.4 is 5.32 Å². The predicted octanol–water partition coefficient (Wildman–Crippen LogP) is 0.662. The Morgan fingerprint density at radius 1 is 1.40 bits per heavy atom. The van der Waals surface area contributed by atoms with Crippen molar-refractivity contribution in [2.45, 2.75) is 20.1 Å². The Hall–Kier alpha value is -1.07. The molecule has 0 aromatic heterocycles. The number of carbonyl (C=O) groups excluding carboxylic acids is 1. The standard InChI is InChI=1S/C10H19NO4/c1-5-15-9(12)6-8(2)11-7-10(13-3)14-4/h6,10-11H,5,7H2,1-4H3/b8-6+. The second-order valence-electron chi connectivity index (χ2n) is 2.86. The van der Waals surface area contributed by atoms with E-state index in [-0.39, 0.29) is 12.3 Å². The molecule has 0 aromatic rings. The summed E-state index contributed by atoms with van der Waals surface area (Å²) in [5.74, 6) is -0.353. The lowest BCUT2D eigenvalue weighted by molar-refractivity contribution is -0.137. The van der Waals surface area contributed by atoms with Crippen LogP contribution in [0.1, 0.15) is 13.8 Å². The number of esters is 1. The first kappa shape index (κ1) is 13.9. The molecule has 0 aliphatic heterocycles. The molecule has 0 aliphatic rings. The van der Waals surface area contributed by atoms with Crippen LogP contribution in [-0.2, 0) is 19.0 Å². The lowest BCUT2D eigenvalue weighted by Crippen LogP contribution is -2.29. The van der Waals surface area contributed by atoms with Gasteiger partial charge in [-0.15, -0.1) is 0 Å². The van der Waals surface area contributed by atoms with Crippen molar-refractivity contribution in [1.82, 2.24) is 5.32 Å². The van der Waals surface area contributed by atoms with Crippen LogP contribution in [0.2, 0.25) is 0 Å². The van der Waals surface area contributed by atoms with Crippen molar-refractivity contribution in [3.05, 3.63) is 11.8 Å². The molecule has 0 unspecified atom stereocenters. The monoisotopic (exact) mass is 217 g/mol. The fourth-order valence-electron chi connectivity index (χ4n) is 0.919. The first-order valence-electron chi connectivity index (χ1n) is 4.78. The van der Waals surface area contributed by atoms with E-state index in [1.807, 2.05) is 0 Å². The highest BCUT2D eigenvalue weighted by atomic mass is 16.7. The van der Waals surface area contributed by atoms with Crippen molar-refractivity contribution >= 4 is 5.97 Å². The highest BCUT2D eigenvalue weighted by molar-refractivity contribution is 5.82. The van der Waals surface area contributed by atoms with Crippen molar-refractivity contribution in [2.24, 2.45) is 0 Å². The van der Waals surface area contributed by atoms with E-state index >= 15 is 0 Å². The minimum absolute atomic E-state index is 0.324. The molecule has 0 saturated carbocycles. The van der Waals surface area contributed by atoms with Gasteiger partial charge in [-0.2, -0.15) is 0 Å². The van der Waals surface area contributed by atoms with Crippen molar-refractivity contribution in [2.75, 3.05) is 27.4 Å². The molecule has 0 bridgehead atoms. The number of hydrogen-bond acceptors (Lipinski definition) is 5. The third kappa shape index (κ3) is 6.93. The molecule has 0 rings (SSSR count). The van der Waals surface area contributed by atoms with Crippen molar-refractivity contribution in [1.29, 1.82) is 0 Å². The van der Waals surface area contributed by atoms with E-state index in [9.17, 15) is 4.79 Å². The summed E-state index contributed by atoms with van der Waals surface area (Å²) < 4.78 is 14.7. The van der Waals surface area contributed by atoms with Gasteiger partial charge in [0.2, 0.25) is 0 Å². The van der Waals surface area contributed by atoms with Gasteiger partial charge in [0.1, 0.15) is 0 Å². The van der Waals surface area contributed by atoms with Crippen LogP contribution >= 0.6 is 0 Å². The Balaban J connectivity index is 3.90. The number of carbonyl (C=O) groups is 1. The zero-order valence-electron chi connectivity index (χ0n) is 9.70. The molecule has 0 heterocycles. The molecule has 0 spiro atoms. The van der Waals surface area contributed by atoms with E-state index in [0.717, 1.165) is 0 Å². The number of allylic oxidation sites excluding steroid dienone is 1. The van der Waals surface area contributed by atoms with Crippen LogP contribution in [0, 0.1) is 0 Å². The van der Waals surface area contributed by atoms with Gasteiger partial charge in [-0.3, -0.25) is 0 Å². The maximum absolute atomic E-state index is 11.0. The Kier molecular flexibility index (Phi) is 7.67. The molecule has 1 N–H and O–H groups in total. The lowest BCUT2D eigenvalue weighted by atomic mass is 10.4. The van der Waals surface area contributed by atoms with E-state index in [4.69, 9.17) is 14.2 Å². The Morgan fingerprint density at radius 3 is 2.47 bits per heavy atom. The SMILES string of the molecule is CCOC(=O)/C=C(\C)NCC(OC)OC. The summed E-state index contributed by atoms with van der Waals surface area (Å²) in [6, 6.07) is 0. The van der Waals surface area contributed by atoms with Crippen LogP contribution in [0.5, 0.6) is 0 Å². The van der Waals surface area contributed by atoms with E-state index in [0.29, 0.717) is 18.8 Å². The molecule has 0 radical (unpaired) electrons. The fourth-order valence-corrected chi connectivity index (χ4v) is 0.919. The summed E-state index contributed by atoms with van der Waals surface area (Å²) >= 11 is 0. The average molecular weight is 217 g/mol. The van der Waals surface area contributed by atoms with Crippen LogP contribution in [0.4, 0.5) is 0 Å². The largest absolute Gasteiger partial charge is 0.463 e. The van der Waals surface area contributed by atoms with Crippen LogP contribution in [0.15, 0.2) is 11.8 Å². The number of methoxy groups -OCH3 is 2. The summed E-state index contributed by atoms with van der Waals surface area (Å²) in [7, 11) is 3.11. The molecule has 0 atom stereocenters. The highest BCUT2D eigenvalue weighted by Crippen LogP contribution is 1.93. The first-order chi connectivity index (χ1) is 7.13. The molecule has 0 saturated heterocycles. The normalized spacial score (nSPS) is 11.7. The van der Waals surface area contributed by atoms with E-state index in [1.165, 1.54) is 6.08 Å². The molecule has 0 aliphatic carbocycles. The molecule has 5 heteroatoms. The van der Waals surface area contributed by atoms with Gasteiger partial charge in [-0.25, -0.2) is 4.79 Å². The van der Waals surface area contributed by atoms with Crippen LogP contribution in [0.25, 0.3) is 0 Å². The Morgan fingerprint density at radius 2 is 2.00 bits per heavy atom. The van der Waals surface area contributed by atoms with Crippen molar-refractivity contribution in [3.63, 3.8) is 0 Å². The fraction of sp³-hybridized carbons (Fsp3) is 0.700. The van der Waals surface area contributed by atoms with E-state index < -0.39 is 0 Å². The summed E-state index contributed by atoms with van der Waals surface area (Å²) in [5, 5.41) is 2.98. The number of ether oxygens (including phenoxy) is 3. The van der Waals surface area contributed by atoms with Gasteiger partial charge in [0.05, 0.1) is 13.2 Å². The van der Waals surface area contributed by atoms with E-state index in [2.05, 4.69) is 5.32 Å². The molecule has 88 valence electrons. The zero-order chi connectivity index (χ0) is 11.7. The zero-order valence-corrected chi connectivity index (χ0v) is 9.70. The minimum Gasteiger partial charge on any atom is -0.463 e. The smallest absolute Gasteiger partial charge is 0.332 e. The van der Waals surface area contributed by atoms with Gasteiger partial charge in [-0.05, 0) is 13.8 Å². The molecule has 0 amide bonds.